The van der Waals surface area contributed by atoms with Crippen LogP contribution in [0.5, 0.6) is 0 Å². The fourth-order valence-electron chi connectivity index (χ4n) is 0.253. The lowest BCUT2D eigenvalue weighted by Crippen LogP contribution is -2.06. The second-order valence-electron chi connectivity index (χ2n) is 1.19. The molecule has 0 aromatic carbocycles. The molecule has 0 unspecified atom stereocenters. The van der Waals surface area contributed by atoms with E-state index in [1.807, 2.05) is 23.7 Å². The van der Waals surface area contributed by atoms with Gasteiger partial charge in [-0.2, -0.15) is 5.26 Å². The molecule has 0 aromatic rings. The van der Waals surface area contributed by atoms with Crippen LogP contribution in [0, 0.1) is 11.3 Å². The van der Waals surface area contributed by atoms with Crippen LogP contribution in [0.1, 0.15) is 0 Å². The van der Waals surface area contributed by atoms with Crippen LogP contribution < -0.4 is 0 Å². The molecule has 0 aliphatic heterocycles. The molecule has 0 saturated carbocycles. The van der Waals surface area contributed by atoms with E-state index in [4.69, 9.17) is 5.26 Å². The van der Waals surface area contributed by atoms with Crippen LogP contribution in [0.4, 0.5) is 0 Å². The summed E-state index contributed by atoms with van der Waals surface area (Å²) in [5.74, 6) is 0. The minimum absolute atomic E-state index is 0.492. The van der Waals surface area contributed by atoms with E-state index in [0.29, 0.717) is 6.54 Å². The highest BCUT2D eigenvalue weighted by molar-refractivity contribution is 8.75. The van der Waals surface area contributed by atoms with Crippen LogP contribution in [-0.4, -0.2) is 24.2 Å². The summed E-state index contributed by atoms with van der Waals surface area (Å²) >= 11 is 0. The van der Waals surface area contributed by atoms with Gasteiger partial charge in [0, 0.05) is 0 Å². The second kappa shape index (κ2) is 5.29. The van der Waals surface area contributed by atoms with Crippen LogP contribution in [0.25, 0.3) is 0 Å². The van der Waals surface area contributed by atoms with E-state index < -0.39 is 0 Å². The van der Waals surface area contributed by atoms with Crippen molar-refractivity contribution in [3.8, 4) is 6.07 Å². The first kappa shape index (κ1) is 8.15. The van der Waals surface area contributed by atoms with Crippen molar-refractivity contribution in [1.82, 2.24) is 4.31 Å². The molecule has 0 bridgehead atoms. The van der Waals surface area contributed by atoms with Crippen molar-refractivity contribution in [1.29, 1.82) is 5.26 Å². The molecule has 0 saturated heterocycles. The van der Waals surface area contributed by atoms with Crippen LogP contribution in [-0.2, 0) is 0 Å². The molecule has 0 spiro atoms. The van der Waals surface area contributed by atoms with Gasteiger partial charge >= 0.3 is 0 Å². The first-order valence-corrected chi connectivity index (χ1v) is 4.61. The van der Waals surface area contributed by atoms with Crippen molar-refractivity contribution < 1.29 is 0 Å². The highest BCUT2D eigenvalue weighted by Gasteiger charge is 1.92. The molecular weight excluding hydrogens is 140 g/mol. The maximum absolute atomic E-state index is 8.15. The fourth-order valence-corrected chi connectivity index (χ4v) is 1.54. The van der Waals surface area contributed by atoms with E-state index >= 15 is 0 Å². The summed E-state index contributed by atoms with van der Waals surface area (Å²) in [6.07, 6.45) is 1.98. The van der Waals surface area contributed by atoms with Gasteiger partial charge in [0.25, 0.3) is 0 Å². The molecule has 0 aromatic heterocycles. The third-order valence-corrected chi connectivity index (χ3v) is 2.24. The predicted octanol–water partition coefficient (Wildman–Crippen LogP) is 1.37. The molecule has 0 rings (SSSR count). The number of hydrogen-bond donors (Lipinski definition) is 0. The molecule has 0 radical (unpaired) electrons. The Kier molecular flexibility index (Phi) is 5.39. The van der Waals surface area contributed by atoms with E-state index in [9.17, 15) is 0 Å². The SMILES string of the molecule is CSSN(C)CC#N. The molecule has 0 fully saturated rings. The molecule has 46 valence electrons. The van der Waals surface area contributed by atoms with Gasteiger partial charge in [0.1, 0.15) is 0 Å². The summed E-state index contributed by atoms with van der Waals surface area (Å²) in [4.78, 5) is 0. The summed E-state index contributed by atoms with van der Waals surface area (Å²) < 4.78 is 1.88. The standard InChI is InChI=1S/C4H8N2S2/c1-6(4-3-5)8-7-2/h4H2,1-2H3. The van der Waals surface area contributed by atoms with Gasteiger partial charge in [0.2, 0.25) is 0 Å². The zero-order chi connectivity index (χ0) is 6.41. The lowest BCUT2D eigenvalue weighted by molar-refractivity contribution is 0.650. The lowest BCUT2D eigenvalue weighted by Gasteiger charge is -2.05. The molecule has 0 aliphatic rings. The Morgan fingerprint density at radius 1 is 1.75 bits per heavy atom. The monoisotopic (exact) mass is 148 g/mol. The second-order valence-corrected chi connectivity index (χ2v) is 3.74. The van der Waals surface area contributed by atoms with E-state index in [0.717, 1.165) is 0 Å². The summed E-state index contributed by atoms with van der Waals surface area (Å²) in [5.41, 5.74) is 0. The summed E-state index contributed by atoms with van der Waals surface area (Å²) in [6, 6.07) is 2.04. The van der Waals surface area contributed by atoms with Gasteiger partial charge in [-0.3, -0.25) is 0 Å². The van der Waals surface area contributed by atoms with Gasteiger partial charge in [-0.05, 0) is 24.3 Å². The highest BCUT2D eigenvalue weighted by Crippen LogP contribution is 2.19. The van der Waals surface area contributed by atoms with Crippen molar-refractivity contribution in [3.63, 3.8) is 0 Å². The summed E-state index contributed by atoms with van der Waals surface area (Å²) in [5, 5.41) is 8.15. The van der Waals surface area contributed by atoms with Gasteiger partial charge in [-0.25, -0.2) is 4.31 Å². The minimum Gasteiger partial charge on any atom is -0.230 e. The van der Waals surface area contributed by atoms with Crippen molar-refractivity contribution in [3.05, 3.63) is 0 Å². The zero-order valence-corrected chi connectivity index (χ0v) is 6.55. The van der Waals surface area contributed by atoms with Gasteiger partial charge < -0.3 is 0 Å². The first-order valence-electron chi connectivity index (χ1n) is 2.10. The Bertz CT molecular complexity index is 88.5. The molecule has 0 N–H and O–H groups in total. The summed E-state index contributed by atoms with van der Waals surface area (Å²) in [6.45, 7) is 0.492. The van der Waals surface area contributed by atoms with Gasteiger partial charge in [-0.1, -0.05) is 10.8 Å². The smallest absolute Gasteiger partial charge is 0.0966 e. The molecule has 8 heavy (non-hydrogen) atoms. The maximum Gasteiger partial charge on any atom is 0.0966 e. The predicted molar refractivity (Wildman–Crippen MR) is 39.3 cm³/mol. The average molecular weight is 148 g/mol. The van der Waals surface area contributed by atoms with Crippen molar-refractivity contribution >= 4 is 21.8 Å². The third kappa shape index (κ3) is 4.31. The van der Waals surface area contributed by atoms with E-state index in [1.54, 1.807) is 21.8 Å². The van der Waals surface area contributed by atoms with E-state index in [-0.39, 0.29) is 0 Å². The molecule has 0 atom stereocenters. The Morgan fingerprint density at radius 3 is 2.75 bits per heavy atom. The van der Waals surface area contributed by atoms with Crippen LogP contribution >= 0.6 is 21.8 Å². The van der Waals surface area contributed by atoms with Crippen LogP contribution in [0.2, 0.25) is 0 Å². The Morgan fingerprint density at radius 2 is 2.38 bits per heavy atom. The zero-order valence-electron chi connectivity index (χ0n) is 4.92. The third-order valence-electron chi connectivity index (χ3n) is 0.495. The Hall–Kier alpha value is 0.150. The Balaban J connectivity index is 3.08. The average Bonchev–Trinajstić information content (AvgIpc) is 1.68. The molecule has 0 aliphatic carbocycles. The first-order chi connectivity index (χ1) is 3.81. The van der Waals surface area contributed by atoms with Gasteiger partial charge in [-0.15, -0.1) is 0 Å². The molecule has 0 heterocycles. The lowest BCUT2D eigenvalue weighted by atomic mass is 10.7. The Labute approximate surface area is 57.8 Å². The molecular formula is C4H8N2S2. The van der Waals surface area contributed by atoms with Crippen LogP contribution in [0.3, 0.4) is 0 Å². The number of nitriles is 1. The number of rotatable bonds is 3. The normalized spacial score (nSPS) is 9.25. The van der Waals surface area contributed by atoms with Crippen molar-refractivity contribution in [2.45, 2.75) is 0 Å². The topological polar surface area (TPSA) is 27.0 Å². The summed E-state index contributed by atoms with van der Waals surface area (Å²) in [7, 11) is 5.12. The largest absolute Gasteiger partial charge is 0.230 e. The minimum atomic E-state index is 0.492. The number of hydrogen-bond acceptors (Lipinski definition) is 4. The maximum atomic E-state index is 8.15. The van der Waals surface area contributed by atoms with Crippen LogP contribution in [0.15, 0.2) is 0 Å². The molecule has 4 heteroatoms. The quantitative estimate of drug-likeness (QED) is 0.343. The molecule has 0 amide bonds. The van der Waals surface area contributed by atoms with Crippen molar-refractivity contribution in [2.24, 2.45) is 0 Å². The van der Waals surface area contributed by atoms with Crippen molar-refractivity contribution in [2.75, 3.05) is 19.8 Å². The molecule has 2 nitrogen and oxygen atoms in total. The fraction of sp³-hybridized carbons (Fsp3) is 0.750. The van der Waals surface area contributed by atoms with Gasteiger partial charge in [0.05, 0.1) is 12.6 Å². The highest BCUT2D eigenvalue weighted by atomic mass is 33.1. The number of nitrogens with zero attached hydrogens (tertiary/aromatic N) is 2. The van der Waals surface area contributed by atoms with E-state index in [1.165, 1.54) is 0 Å². The van der Waals surface area contributed by atoms with E-state index in [2.05, 4.69) is 0 Å². The van der Waals surface area contributed by atoms with Gasteiger partial charge in [0.15, 0.2) is 0 Å².